The fourth-order valence-electron chi connectivity index (χ4n) is 3.70. The fraction of sp³-hybridized carbons (Fsp3) is 0.350. The zero-order valence-electron chi connectivity index (χ0n) is 13.5. The van der Waals surface area contributed by atoms with Crippen molar-refractivity contribution in [2.45, 2.75) is 31.3 Å². The van der Waals surface area contributed by atoms with Crippen LogP contribution in [0, 0.1) is 0 Å². The van der Waals surface area contributed by atoms with Gasteiger partial charge in [-0.1, -0.05) is 34.1 Å². The number of aryl methyl sites for hydroxylation is 1. The summed E-state index contributed by atoms with van der Waals surface area (Å²) in [6.07, 6.45) is 3.92. The predicted octanol–water partition coefficient (Wildman–Crippen LogP) is 4.45. The first-order valence-electron chi connectivity index (χ1n) is 8.47. The van der Waals surface area contributed by atoms with Crippen molar-refractivity contribution in [1.82, 2.24) is 4.90 Å². The lowest BCUT2D eigenvalue weighted by Gasteiger charge is -2.44. The average molecular weight is 386 g/mol. The Hall–Kier alpha value is -1.81. The maximum atomic E-state index is 12.7. The lowest BCUT2D eigenvalue weighted by atomic mass is 9.83. The van der Waals surface area contributed by atoms with Crippen molar-refractivity contribution in [3.63, 3.8) is 0 Å². The Balaban J connectivity index is 1.44. The van der Waals surface area contributed by atoms with Gasteiger partial charge in [0.1, 0.15) is 11.4 Å². The Morgan fingerprint density at radius 2 is 1.71 bits per heavy atom. The van der Waals surface area contributed by atoms with E-state index in [1.165, 1.54) is 5.56 Å². The minimum atomic E-state index is -0.0924. The van der Waals surface area contributed by atoms with E-state index >= 15 is 0 Å². The second-order valence-corrected chi connectivity index (χ2v) is 7.61. The molecule has 24 heavy (non-hydrogen) atoms. The van der Waals surface area contributed by atoms with Crippen LogP contribution in [0.25, 0.3) is 0 Å². The Morgan fingerprint density at radius 3 is 2.46 bits per heavy atom. The molecule has 1 spiro atoms. The third-order valence-electron chi connectivity index (χ3n) is 5.20. The molecule has 0 unspecified atom stereocenters. The molecule has 2 aliphatic rings. The Labute approximate surface area is 150 Å². The largest absolute Gasteiger partial charge is 0.487 e. The van der Waals surface area contributed by atoms with Crippen LogP contribution in [-0.4, -0.2) is 29.5 Å². The molecule has 2 aromatic rings. The van der Waals surface area contributed by atoms with Crippen LogP contribution in [0.3, 0.4) is 0 Å². The van der Waals surface area contributed by atoms with E-state index in [1.807, 2.05) is 35.2 Å². The van der Waals surface area contributed by atoms with Gasteiger partial charge in [-0.3, -0.25) is 4.79 Å². The molecule has 1 amide bonds. The second kappa shape index (κ2) is 6.25. The summed E-state index contributed by atoms with van der Waals surface area (Å²) in [5, 5.41) is 0. The summed E-state index contributed by atoms with van der Waals surface area (Å²) < 4.78 is 7.36. The number of fused-ring (bicyclic) bond motifs is 1. The number of hydrogen-bond donors (Lipinski definition) is 0. The van der Waals surface area contributed by atoms with Crippen LogP contribution < -0.4 is 4.74 Å². The maximum Gasteiger partial charge on any atom is 0.253 e. The maximum absolute atomic E-state index is 12.7. The van der Waals surface area contributed by atoms with Crippen molar-refractivity contribution in [2.24, 2.45) is 0 Å². The third kappa shape index (κ3) is 2.95. The monoisotopic (exact) mass is 385 g/mol. The number of piperidine rings is 1. The topological polar surface area (TPSA) is 29.5 Å². The summed E-state index contributed by atoms with van der Waals surface area (Å²) in [5.41, 5.74) is 1.96. The van der Waals surface area contributed by atoms with Crippen molar-refractivity contribution in [1.29, 1.82) is 0 Å². The molecule has 124 valence electrons. The molecule has 0 bridgehead atoms. The predicted molar refractivity (Wildman–Crippen MR) is 97.4 cm³/mol. The molecular weight excluding hydrogens is 366 g/mol. The molecule has 0 radical (unpaired) electrons. The van der Waals surface area contributed by atoms with Crippen LogP contribution in [-0.2, 0) is 6.42 Å². The number of carbonyl (C=O) groups is 1. The number of benzene rings is 2. The number of amides is 1. The summed E-state index contributed by atoms with van der Waals surface area (Å²) in [7, 11) is 0. The normalized spacial score (nSPS) is 18.8. The van der Waals surface area contributed by atoms with E-state index in [2.05, 4.69) is 34.1 Å². The van der Waals surface area contributed by atoms with Gasteiger partial charge in [-0.05, 0) is 48.7 Å². The molecule has 0 saturated carbocycles. The van der Waals surface area contributed by atoms with E-state index in [9.17, 15) is 4.79 Å². The minimum Gasteiger partial charge on any atom is -0.487 e. The number of nitrogens with zero attached hydrogens (tertiary/aromatic N) is 1. The second-order valence-electron chi connectivity index (χ2n) is 6.69. The number of likely N-dealkylation sites (tertiary alicyclic amines) is 1. The van der Waals surface area contributed by atoms with E-state index in [0.29, 0.717) is 0 Å². The van der Waals surface area contributed by atoms with Gasteiger partial charge in [-0.2, -0.15) is 0 Å². The smallest absolute Gasteiger partial charge is 0.253 e. The first-order valence-corrected chi connectivity index (χ1v) is 9.26. The Kier molecular flexibility index (Phi) is 4.09. The zero-order chi connectivity index (χ0) is 16.6. The van der Waals surface area contributed by atoms with Crippen molar-refractivity contribution >= 4 is 21.8 Å². The van der Waals surface area contributed by atoms with E-state index in [-0.39, 0.29) is 11.5 Å². The zero-order valence-corrected chi connectivity index (χ0v) is 15.1. The van der Waals surface area contributed by atoms with Gasteiger partial charge >= 0.3 is 0 Å². The van der Waals surface area contributed by atoms with Crippen LogP contribution in [0.1, 0.15) is 35.2 Å². The number of para-hydroxylation sites is 1. The highest BCUT2D eigenvalue weighted by atomic mass is 79.9. The van der Waals surface area contributed by atoms with Crippen LogP contribution in [0.15, 0.2) is 53.0 Å². The van der Waals surface area contributed by atoms with Gasteiger partial charge in [0.25, 0.3) is 5.91 Å². The van der Waals surface area contributed by atoms with Crippen LogP contribution in [0.4, 0.5) is 0 Å². The summed E-state index contributed by atoms with van der Waals surface area (Å²) in [4.78, 5) is 14.6. The van der Waals surface area contributed by atoms with Gasteiger partial charge in [-0.15, -0.1) is 0 Å². The van der Waals surface area contributed by atoms with Crippen LogP contribution in [0.5, 0.6) is 5.75 Å². The molecule has 0 aliphatic carbocycles. The van der Waals surface area contributed by atoms with Gasteiger partial charge < -0.3 is 9.64 Å². The van der Waals surface area contributed by atoms with E-state index in [0.717, 1.165) is 54.6 Å². The SMILES string of the molecule is O=C(c1ccc(Br)cc1)N1CCC2(CCc3ccccc3O2)CC1. The molecule has 2 heterocycles. The highest BCUT2D eigenvalue weighted by Gasteiger charge is 2.40. The van der Waals surface area contributed by atoms with Gasteiger partial charge in [0.05, 0.1) is 0 Å². The first-order chi connectivity index (χ1) is 11.7. The molecular formula is C20H20BrNO2. The Bertz CT molecular complexity index is 748. The first kappa shape index (κ1) is 15.7. The van der Waals surface area contributed by atoms with Crippen molar-refractivity contribution in [3.05, 3.63) is 64.1 Å². The van der Waals surface area contributed by atoms with Crippen LogP contribution >= 0.6 is 15.9 Å². The molecule has 0 N–H and O–H groups in total. The highest BCUT2D eigenvalue weighted by Crippen LogP contribution is 2.39. The molecule has 2 aromatic carbocycles. The highest BCUT2D eigenvalue weighted by molar-refractivity contribution is 9.10. The van der Waals surface area contributed by atoms with Crippen molar-refractivity contribution in [3.8, 4) is 5.75 Å². The minimum absolute atomic E-state index is 0.0924. The summed E-state index contributed by atoms with van der Waals surface area (Å²) in [6.45, 7) is 1.52. The van der Waals surface area contributed by atoms with Gasteiger partial charge in [0.15, 0.2) is 0 Å². The molecule has 2 aliphatic heterocycles. The molecule has 4 heteroatoms. The van der Waals surface area contributed by atoms with Crippen molar-refractivity contribution in [2.75, 3.05) is 13.1 Å². The number of carbonyl (C=O) groups excluding carboxylic acids is 1. The molecule has 1 saturated heterocycles. The number of hydrogen-bond acceptors (Lipinski definition) is 2. The molecule has 4 rings (SSSR count). The molecule has 3 nitrogen and oxygen atoms in total. The van der Waals surface area contributed by atoms with Crippen LogP contribution in [0.2, 0.25) is 0 Å². The molecule has 1 fully saturated rings. The van der Waals surface area contributed by atoms with Gasteiger partial charge in [0, 0.05) is 36.0 Å². The molecule has 0 atom stereocenters. The lowest BCUT2D eigenvalue weighted by molar-refractivity contribution is -0.0106. The standard InChI is InChI=1S/C20H20BrNO2/c21-17-7-5-16(6-8-17)19(23)22-13-11-20(12-14-22)10-9-15-3-1-2-4-18(15)24-20/h1-8H,9-14H2. The number of ether oxygens (including phenoxy) is 1. The third-order valence-corrected chi connectivity index (χ3v) is 5.73. The average Bonchev–Trinajstić information content (AvgIpc) is 2.62. The summed E-state index contributed by atoms with van der Waals surface area (Å²) in [5.74, 6) is 1.14. The number of halogens is 1. The lowest BCUT2D eigenvalue weighted by Crippen LogP contribution is -2.51. The number of rotatable bonds is 1. The summed E-state index contributed by atoms with van der Waals surface area (Å²) in [6, 6.07) is 15.9. The van der Waals surface area contributed by atoms with E-state index in [1.54, 1.807) is 0 Å². The fourth-order valence-corrected chi connectivity index (χ4v) is 3.97. The van der Waals surface area contributed by atoms with E-state index < -0.39 is 0 Å². The Morgan fingerprint density at radius 1 is 1.00 bits per heavy atom. The van der Waals surface area contributed by atoms with Gasteiger partial charge in [0.2, 0.25) is 0 Å². The van der Waals surface area contributed by atoms with E-state index in [4.69, 9.17) is 4.74 Å². The quantitative estimate of drug-likeness (QED) is 0.725. The molecule has 0 aromatic heterocycles. The van der Waals surface area contributed by atoms with Crippen molar-refractivity contribution < 1.29 is 9.53 Å². The van der Waals surface area contributed by atoms with Gasteiger partial charge in [-0.25, -0.2) is 0 Å². The summed E-state index contributed by atoms with van der Waals surface area (Å²) >= 11 is 3.41.